The van der Waals surface area contributed by atoms with E-state index in [-0.39, 0.29) is 11.7 Å². The number of nitrogens with one attached hydrogen (secondary N) is 3. The van der Waals surface area contributed by atoms with Gasteiger partial charge in [0.15, 0.2) is 0 Å². The smallest absolute Gasteiger partial charge is 0.255 e. The summed E-state index contributed by atoms with van der Waals surface area (Å²) in [5, 5.41) is 12.6. The van der Waals surface area contributed by atoms with Crippen LogP contribution in [-0.2, 0) is 10.5 Å². The first kappa shape index (κ1) is 25.7. The lowest BCUT2D eigenvalue weighted by Crippen LogP contribution is -2.31. The molecule has 1 aliphatic rings. The Balaban J connectivity index is 1.39. The number of ether oxygens (including phenoxy) is 1. The number of rotatable bonds is 8. The number of hydrogen-bond donors (Lipinski definition) is 3. The zero-order chi connectivity index (χ0) is 27.6. The standard InChI is InChI=1S/C30H27FN6O2S/c1-3-39-25-15-9-8-14-24(25)34-28(38)26-18(2)33-29-35-30(40-17-19-10-4-6-12-22(19)31)36-37(29)27(26)21-16-32-23-13-7-5-11-20(21)23/h4-16,27,32H,3,17H2,1-2H3,(H,34,38)(H,33,35,36). The summed E-state index contributed by atoms with van der Waals surface area (Å²) >= 11 is 1.34. The summed E-state index contributed by atoms with van der Waals surface area (Å²) in [5.74, 6) is 0.932. The van der Waals surface area contributed by atoms with E-state index in [1.54, 1.807) is 22.9 Å². The molecule has 3 aromatic carbocycles. The van der Waals surface area contributed by atoms with Gasteiger partial charge in [0.25, 0.3) is 5.91 Å². The molecule has 8 nitrogen and oxygen atoms in total. The largest absolute Gasteiger partial charge is 0.492 e. The van der Waals surface area contributed by atoms with Gasteiger partial charge in [-0.25, -0.2) is 9.07 Å². The van der Waals surface area contributed by atoms with E-state index in [1.807, 2.05) is 68.6 Å². The van der Waals surface area contributed by atoms with Crippen molar-refractivity contribution in [3.05, 3.63) is 107 Å². The van der Waals surface area contributed by atoms with Crippen molar-refractivity contribution in [2.24, 2.45) is 0 Å². The van der Waals surface area contributed by atoms with Crippen molar-refractivity contribution in [3.8, 4) is 5.75 Å². The summed E-state index contributed by atoms with van der Waals surface area (Å²) in [7, 11) is 0. The minimum absolute atomic E-state index is 0.266. The van der Waals surface area contributed by atoms with Crippen molar-refractivity contribution in [2.75, 3.05) is 17.2 Å². The molecule has 0 bridgehead atoms. The van der Waals surface area contributed by atoms with Gasteiger partial charge in [0, 0.05) is 34.1 Å². The lowest BCUT2D eigenvalue weighted by molar-refractivity contribution is -0.113. The van der Waals surface area contributed by atoms with Crippen LogP contribution in [0.4, 0.5) is 16.0 Å². The number of carbonyl (C=O) groups is 1. The lowest BCUT2D eigenvalue weighted by atomic mass is 9.94. The molecular formula is C30H27FN6O2S. The topological polar surface area (TPSA) is 96.9 Å². The minimum atomic E-state index is -0.568. The van der Waals surface area contributed by atoms with Gasteiger partial charge in [-0.05, 0) is 43.7 Å². The Morgan fingerprint density at radius 1 is 1.10 bits per heavy atom. The fourth-order valence-electron chi connectivity index (χ4n) is 4.89. The van der Waals surface area contributed by atoms with E-state index in [9.17, 15) is 9.18 Å². The maximum Gasteiger partial charge on any atom is 0.255 e. The lowest BCUT2D eigenvalue weighted by Gasteiger charge is -2.28. The number of allylic oxidation sites excluding steroid dienone is 1. The normalized spacial score (nSPS) is 14.6. The van der Waals surface area contributed by atoms with E-state index < -0.39 is 6.04 Å². The second-order valence-electron chi connectivity index (χ2n) is 9.28. The van der Waals surface area contributed by atoms with Crippen molar-refractivity contribution in [1.82, 2.24) is 19.7 Å². The number of para-hydroxylation sites is 3. The van der Waals surface area contributed by atoms with E-state index >= 15 is 0 Å². The molecule has 0 aliphatic carbocycles. The zero-order valence-electron chi connectivity index (χ0n) is 21.9. The molecule has 6 rings (SSSR count). The van der Waals surface area contributed by atoms with Crippen molar-refractivity contribution < 1.29 is 13.9 Å². The predicted molar refractivity (Wildman–Crippen MR) is 155 cm³/mol. The molecular weight excluding hydrogens is 527 g/mol. The average Bonchev–Trinajstić information content (AvgIpc) is 3.57. The summed E-state index contributed by atoms with van der Waals surface area (Å²) < 4.78 is 21.7. The van der Waals surface area contributed by atoms with Crippen molar-refractivity contribution in [2.45, 2.75) is 30.8 Å². The highest BCUT2D eigenvalue weighted by molar-refractivity contribution is 7.98. The molecule has 2 aromatic heterocycles. The number of halogens is 1. The molecule has 1 aliphatic heterocycles. The first-order valence-corrected chi connectivity index (χ1v) is 13.9. The molecule has 1 unspecified atom stereocenters. The molecule has 3 heterocycles. The van der Waals surface area contributed by atoms with Crippen LogP contribution in [0.15, 0.2) is 95.4 Å². The van der Waals surface area contributed by atoms with Crippen LogP contribution in [0.3, 0.4) is 0 Å². The summed E-state index contributed by atoms with van der Waals surface area (Å²) in [6.45, 7) is 4.23. The van der Waals surface area contributed by atoms with E-state index in [0.29, 0.717) is 51.7 Å². The van der Waals surface area contributed by atoms with Crippen LogP contribution in [0.25, 0.3) is 10.9 Å². The summed E-state index contributed by atoms with van der Waals surface area (Å²) in [6.07, 6.45) is 1.91. The highest BCUT2D eigenvalue weighted by Crippen LogP contribution is 2.40. The maximum atomic E-state index is 14.2. The number of amides is 1. The Bertz CT molecular complexity index is 1740. The third-order valence-corrected chi connectivity index (χ3v) is 7.63. The molecule has 1 amide bonds. The Kier molecular flexibility index (Phi) is 7.00. The highest BCUT2D eigenvalue weighted by atomic mass is 32.2. The Morgan fingerprint density at radius 3 is 2.73 bits per heavy atom. The van der Waals surface area contributed by atoms with Crippen LogP contribution in [-0.4, -0.2) is 32.3 Å². The number of H-pyrrole nitrogens is 1. The van der Waals surface area contributed by atoms with Gasteiger partial charge in [-0.15, -0.1) is 5.10 Å². The number of fused-ring (bicyclic) bond motifs is 2. The molecule has 202 valence electrons. The maximum absolute atomic E-state index is 14.2. The van der Waals surface area contributed by atoms with Gasteiger partial charge in [0.2, 0.25) is 11.1 Å². The van der Waals surface area contributed by atoms with Crippen LogP contribution >= 0.6 is 11.8 Å². The zero-order valence-corrected chi connectivity index (χ0v) is 22.8. The molecule has 0 saturated heterocycles. The second kappa shape index (κ2) is 10.9. The number of aromatic nitrogens is 4. The van der Waals surface area contributed by atoms with Crippen LogP contribution < -0.4 is 15.4 Å². The summed E-state index contributed by atoms with van der Waals surface area (Å²) in [4.78, 5) is 22.0. The van der Waals surface area contributed by atoms with E-state index in [4.69, 9.17) is 9.84 Å². The van der Waals surface area contributed by atoms with Gasteiger partial charge >= 0.3 is 0 Å². The van der Waals surface area contributed by atoms with Crippen molar-refractivity contribution in [1.29, 1.82) is 0 Å². The number of aromatic amines is 1. The first-order chi connectivity index (χ1) is 19.5. The molecule has 1 atom stereocenters. The van der Waals surface area contributed by atoms with Gasteiger partial charge in [0.05, 0.1) is 17.9 Å². The molecule has 0 saturated carbocycles. The monoisotopic (exact) mass is 554 g/mol. The van der Waals surface area contributed by atoms with Gasteiger partial charge < -0.3 is 20.4 Å². The molecule has 3 N–H and O–H groups in total. The van der Waals surface area contributed by atoms with Crippen molar-refractivity contribution in [3.63, 3.8) is 0 Å². The second-order valence-corrected chi connectivity index (χ2v) is 10.2. The average molecular weight is 555 g/mol. The third-order valence-electron chi connectivity index (χ3n) is 6.74. The number of thioether (sulfide) groups is 1. The van der Waals surface area contributed by atoms with Crippen LogP contribution in [0.1, 0.15) is 31.0 Å². The Morgan fingerprint density at radius 2 is 1.88 bits per heavy atom. The van der Waals surface area contributed by atoms with Crippen molar-refractivity contribution >= 4 is 40.2 Å². The molecule has 10 heteroatoms. The Labute approximate surface area is 234 Å². The van der Waals surface area contributed by atoms with Crippen LogP contribution in [0.5, 0.6) is 5.75 Å². The van der Waals surface area contributed by atoms with E-state index in [1.165, 1.54) is 17.8 Å². The molecule has 0 spiro atoms. The molecule has 0 radical (unpaired) electrons. The minimum Gasteiger partial charge on any atom is -0.492 e. The van der Waals surface area contributed by atoms with Gasteiger partial charge in [0.1, 0.15) is 17.6 Å². The quantitative estimate of drug-likeness (QED) is 0.189. The number of nitrogens with zero attached hydrogens (tertiary/aromatic N) is 3. The number of carbonyl (C=O) groups excluding carboxylic acids is 1. The third kappa shape index (κ3) is 4.82. The number of hydrogen-bond acceptors (Lipinski definition) is 6. The Hall–Kier alpha value is -4.57. The molecule has 40 heavy (non-hydrogen) atoms. The SMILES string of the molecule is CCOc1ccccc1NC(=O)C1=C(C)Nc2nc(SCc3ccccc3F)nn2C1c1c[nH]c2ccccc12. The van der Waals surface area contributed by atoms with Crippen LogP contribution in [0.2, 0.25) is 0 Å². The van der Waals surface area contributed by atoms with Crippen LogP contribution in [0, 0.1) is 5.82 Å². The molecule has 0 fully saturated rings. The van der Waals surface area contributed by atoms with Gasteiger partial charge in [-0.3, -0.25) is 4.79 Å². The highest BCUT2D eigenvalue weighted by Gasteiger charge is 2.36. The van der Waals surface area contributed by atoms with E-state index in [2.05, 4.69) is 20.6 Å². The number of anilines is 2. The van der Waals surface area contributed by atoms with Gasteiger partial charge in [-0.1, -0.05) is 60.3 Å². The fourth-order valence-corrected chi connectivity index (χ4v) is 5.71. The van der Waals surface area contributed by atoms with Gasteiger partial charge in [-0.2, -0.15) is 4.98 Å². The fraction of sp³-hybridized carbons (Fsp3) is 0.167. The number of benzene rings is 3. The summed E-state index contributed by atoms with van der Waals surface area (Å²) in [5.41, 5.74) is 4.15. The molecule has 5 aromatic rings. The predicted octanol–water partition coefficient (Wildman–Crippen LogP) is 6.52. The summed E-state index contributed by atoms with van der Waals surface area (Å²) in [6, 6.07) is 21.4. The van der Waals surface area contributed by atoms with E-state index in [0.717, 1.165) is 16.5 Å². The first-order valence-electron chi connectivity index (χ1n) is 12.9.